The highest BCUT2D eigenvalue weighted by molar-refractivity contribution is 6.04. The van der Waals surface area contributed by atoms with E-state index in [9.17, 15) is 4.79 Å². The minimum Gasteiger partial charge on any atom is -0.497 e. The molecule has 1 atom stereocenters. The predicted molar refractivity (Wildman–Crippen MR) is 91.9 cm³/mol. The first kappa shape index (κ1) is 16.1. The van der Waals surface area contributed by atoms with Crippen LogP contribution in [-0.4, -0.2) is 54.9 Å². The topological polar surface area (TPSA) is 32.8 Å². The molecule has 1 aromatic carbocycles. The molecule has 0 aromatic heterocycles. The zero-order valence-corrected chi connectivity index (χ0v) is 13.9. The Morgan fingerprint density at radius 3 is 2.87 bits per heavy atom. The molecule has 2 heterocycles. The Labute approximate surface area is 138 Å². The van der Waals surface area contributed by atoms with Gasteiger partial charge in [-0.05, 0) is 50.9 Å². The maximum atomic E-state index is 12.3. The summed E-state index contributed by atoms with van der Waals surface area (Å²) in [6, 6.07) is 7.89. The van der Waals surface area contributed by atoms with E-state index in [1.54, 1.807) is 19.3 Å². The van der Waals surface area contributed by atoms with E-state index in [1.165, 1.54) is 38.8 Å². The molecule has 0 aliphatic carbocycles. The minimum absolute atomic E-state index is 0.0377. The van der Waals surface area contributed by atoms with Gasteiger partial charge in [-0.2, -0.15) is 0 Å². The molecule has 124 valence electrons. The maximum absolute atomic E-state index is 12.3. The first-order chi connectivity index (χ1) is 11.3. The van der Waals surface area contributed by atoms with Crippen molar-refractivity contribution in [1.82, 2.24) is 9.80 Å². The molecule has 0 amide bonds. The Morgan fingerprint density at radius 2 is 2.09 bits per heavy atom. The molecular formula is C19H26N2O2. The molecule has 2 aliphatic heterocycles. The first-order valence-corrected chi connectivity index (χ1v) is 8.61. The molecule has 0 unspecified atom stereocenters. The fourth-order valence-corrected chi connectivity index (χ4v) is 3.55. The number of hydrogen-bond acceptors (Lipinski definition) is 4. The average Bonchev–Trinajstić information content (AvgIpc) is 3.25. The number of hydrogen-bond donors (Lipinski definition) is 0. The van der Waals surface area contributed by atoms with Crippen molar-refractivity contribution >= 4 is 5.78 Å². The normalized spacial score (nSPS) is 22.1. The molecule has 1 aromatic rings. The number of likely N-dealkylation sites (tertiary alicyclic amines) is 2. The van der Waals surface area contributed by atoms with Crippen molar-refractivity contribution in [3.63, 3.8) is 0 Å². The molecule has 2 saturated heterocycles. The fraction of sp³-hybridized carbons (Fsp3) is 0.526. The number of rotatable bonds is 6. The van der Waals surface area contributed by atoms with Crippen LogP contribution in [0.15, 0.2) is 36.5 Å². The summed E-state index contributed by atoms with van der Waals surface area (Å²) in [5.41, 5.74) is 0.677. The second-order valence-corrected chi connectivity index (χ2v) is 6.45. The highest BCUT2D eigenvalue weighted by atomic mass is 16.5. The van der Waals surface area contributed by atoms with Gasteiger partial charge in [0.2, 0.25) is 0 Å². The van der Waals surface area contributed by atoms with E-state index >= 15 is 0 Å². The standard InChI is InChI=1S/C19H26N2O2/c1-23-18-8-4-6-16(14-18)19(22)9-13-21-12-5-7-17(21)15-20-10-2-3-11-20/h4,6,8-9,13-14,17H,2-3,5,7,10-12,15H2,1H3/t17-/m0/s1. The number of methoxy groups -OCH3 is 1. The number of ketones is 1. The quantitative estimate of drug-likeness (QED) is 0.597. The fourth-order valence-electron chi connectivity index (χ4n) is 3.55. The minimum atomic E-state index is 0.0377. The van der Waals surface area contributed by atoms with Crippen LogP contribution < -0.4 is 4.74 Å². The molecule has 0 bridgehead atoms. The maximum Gasteiger partial charge on any atom is 0.187 e. The van der Waals surface area contributed by atoms with Crippen LogP contribution in [0.25, 0.3) is 0 Å². The Morgan fingerprint density at radius 1 is 1.26 bits per heavy atom. The molecule has 3 rings (SSSR count). The second-order valence-electron chi connectivity index (χ2n) is 6.45. The van der Waals surface area contributed by atoms with Gasteiger partial charge in [0.05, 0.1) is 7.11 Å². The van der Waals surface area contributed by atoms with Crippen molar-refractivity contribution in [2.75, 3.05) is 33.3 Å². The van der Waals surface area contributed by atoms with Crippen LogP contribution in [-0.2, 0) is 0 Å². The van der Waals surface area contributed by atoms with Crippen LogP contribution >= 0.6 is 0 Å². The second kappa shape index (κ2) is 7.64. The highest BCUT2D eigenvalue weighted by Crippen LogP contribution is 2.21. The first-order valence-electron chi connectivity index (χ1n) is 8.61. The zero-order chi connectivity index (χ0) is 16.1. The lowest BCUT2D eigenvalue weighted by molar-refractivity contribution is 0.104. The van der Waals surface area contributed by atoms with Gasteiger partial charge in [-0.15, -0.1) is 0 Å². The molecule has 0 spiro atoms. The Balaban J connectivity index is 1.60. The van der Waals surface area contributed by atoms with Gasteiger partial charge in [0.15, 0.2) is 5.78 Å². The zero-order valence-electron chi connectivity index (χ0n) is 13.9. The van der Waals surface area contributed by atoms with E-state index in [0.29, 0.717) is 11.6 Å². The lowest BCUT2D eigenvalue weighted by Crippen LogP contribution is -2.36. The summed E-state index contributed by atoms with van der Waals surface area (Å²) in [4.78, 5) is 17.2. The Hall–Kier alpha value is -1.81. The largest absolute Gasteiger partial charge is 0.497 e. The summed E-state index contributed by atoms with van der Waals surface area (Å²) in [7, 11) is 1.62. The Kier molecular flexibility index (Phi) is 5.34. The molecule has 0 radical (unpaired) electrons. The number of benzene rings is 1. The number of carbonyl (C=O) groups excluding carboxylic acids is 1. The van der Waals surface area contributed by atoms with Gasteiger partial charge in [-0.3, -0.25) is 4.79 Å². The van der Waals surface area contributed by atoms with E-state index in [4.69, 9.17) is 4.74 Å². The third-order valence-electron chi connectivity index (χ3n) is 4.86. The van der Waals surface area contributed by atoms with Gasteiger partial charge in [-0.1, -0.05) is 12.1 Å². The number of ether oxygens (including phenoxy) is 1. The molecule has 2 fully saturated rings. The third kappa shape index (κ3) is 4.14. The van der Waals surface area contributed by atoms with Crippen molar-refractivity contribution in [3.8, 4) is 5.75 Å². The van der Waals surface area contributed by atoms with Gasteiger partial charge in [-0.25, -0.2) is 0 Å². The van der Waals surface area contributed by atoms with Crippen LogP contribution in [0.3, 0.4) is 0 Å². The lowest BCUT2D eigenvalue weighted by atomic mass is 10.1. The summed E-state index contributed by atoms with van der Waals surface area (Å²) in [5, 5.41) is 0. The lowest BCUT2D eigenvalue weighted by Gasteiger charge is -2.27. The molecule has 4 heteroatoms. The summed E-state index contributed by atoms with van der Waals surface area (Å²) in [6.45, 7) is 4.66. The van der Waals surface area contributed by atoms with E-state index < -0.39 is 0 Å². The SMILES string of the molecule is COc1cccc(C(=O)C=CN2CCC[C@H]2CN2CCCC2)c1. The van der Waals surface area contributed by atoms with Crippen molar-refractivity contribution in [3.05, 3.63) is 42.1 Å². The van der Waals surface area contributed by atoms with Gasteiger partial charge >= 0.3 is 0 Å². The van der Waals surface area contributed by atoms with E-state index in [1.807, 2.05) is 24.4 Å². The molecular weight excluding hydrogens is 288 g/mol. The number of allylic oxidation sites excluding steroid dienone is 1. The van der Waals surface area contributed by atoms with Crippen LogP contribution in [0.5, 0.6) is 5.75 Å². The van der Waals surface area contributed by atoms with Crippen molar-refractivity contribution < 1.29 is 9.53 Å². The predicted octanol–water partition coefficient (Wildman–Crippen LogP) is 2.95. The number of nitrogens with zero attached hydrogens (tertiary/aromatic N) is 2. The molecule has 0 saturated carbocycles. The Bertz CT molecular complexity index is 564. The molecule has 2 aliphatic rings. The van der Waals surface area contributed by atoms with Crippen LogP contribution in [0, 0.1) is 0 Å². The van der Waals surface area contributed by atoms with Crippen LogP contribution in [0.1, 0.15) is 36.0 Å². The summed E-state index contributed by atoms with van der Waals surface area (Å²) in [6.07, 6.45) is 8.81. The molecule has 23 heavy (non-hydrogen) atoms. The monoisotopic (exact) mass is 314 g/mol. The van der Waals surface area contributed by atoms with Gasteiger partial charge in [0, 0.05) is 37.0 Å². The average molecular weight is 314 g/mol. The van der Waals surface area contributed by atoms with E-state index in [0.717, 1.165) is 18.8 Å². The third-order valence-corrected chi connectivity index (χ3v) is 4.86. The van der Waals surface area contributed by atoms with Crippen molar-refractivity contribution in [2.45, 2.75) is 31.7 Å². The molecule has 4 nitrogen and oxygen atoms in total. The molecule has 0 N–H and O–H groups in total. The highest BCUT2D eigenvalue weighted by Gasteiger charge is 2.25. The van der Waals surface area contributed by atoms with Crippen molar-refractivity contribution in [1.29, 1.82) is 0 Å². The van der Waals surface area contributed by atoms with Crippen molar-refractivity contribution in [2.24, 2.45) is 0 Å². The summed E-state index contributed by atoms with van der Waals surface area (Å²) >= 11 is 0. The summed E-state index contributed by atoms with van der Waals surface area (Å²) < 4.78 is 5.18. The van der Waals surface area contributed by atoms with Crippen LogP contribution in [0.2, 0.25) is 0 Å². The van der Waals surface area contributed by atoms with Gasteiger partial charge in [0.1, 0.15) is 5.75 Å². The van der Waals surface area contributed by atoms with E-state index in [-0.39, 0.29) is 5.78 Å². The number of carbonyl (C=O) groups is 1. The smallest absolute Gasteiger partial charge is 0.187 e. The van der Waals surface area contributed by atoms with Gasteiger partial charge < -0.3 is 14.5 Å². The van der Waals surface area contributed by atoms with E-state index in [2.05, 4.69) is 9.80 Å². The van der Waals surface area contributed by atoms with Gasteiger partial charge in [0.25, 0.3) is 0 Å². The summed E-state index contributed by atoms with van der Waals surface area (Å²) in [5.74, 6) is 0.757. The van der Waals surface area contributed by atoms with Crippen LogP contribution in [0.4, 0.5) is 0 Å².